The van der Waals surface area contributed by atoms with Gasteiger partial charge >= 0.3 is 12.0 Å². The summed E-state index contributed by atoms with van der Waals surface area (Å²) in [5.41, 5.74) is 0.922. The van der Waals surface area contributed by atoms with Crippen molar-refractivity contribution >= 4 is 23.8 Å². The third-order valence-electron chi connectivity index (χ3n) is 3.16. The minimum absolute atomic E-state index is 0.0970. The smallest absolute Gasteiger partial charge is 0.317 e. The van der Waals surface area contributed by atoms with Crippen LogP contribution in [0.3, 0.4) is 0 Å². The van der Waals surface area contributed by atoms with Crippen LogP contribution in [0.15, 0.2) is 17.0 Å². The molecular weight excluding hydrogens is 320 g/mol. The fourth-order valence-corrected chi connectivity index (χ4v) is 2.57. The van der Waals surface area contributed by atoms with Crippen LogP contribution in [0.4, 0.5) is 4.79 Å². The van der Waals surface area contributed by atoms with Crippen LogP contribution in [0.2, 0.25) is 0 Å². The zero-order valence-corrected chi connectivity index (χ0v) is 14.5. The number of rotatable bonds is 8. The Kier molecular flexibility index (Phi) is 7.53. The molecule has 0 saturated carbocycles. The van der Waals surface area contributed by atoms with Gasteiger partial charge in [-0.15, -0.1) is 11.8 Å². The Balaban J connectivity index is 2.81. The number of hydrogen-bond donors (Lipinski definition) is 2. The number of amides is 2. The third kappa shape index (κ3) is 5.55. The first kappa shape index (κ1) is 19.0. The van der Waals surface area contributed by atoms with E-state index in [-0.39, 0.29) is 19.0 Å². The Morgan fingerprint density at radius 2 is 1.87 bits per heavy atom. The van der Waals surface area contributed by atoms with Gasteiger partial charge in [-0.1, -0.05) is 0 Å². The summed E-state index contributed by atoms with van der Waals surface area (Å²) in [5, 5.41) is 11.1. The van der Waals surface area contributed by atoms with E-state index in [4.69, 9.17) is 14.6 Å². The van der Waals surface area contributed by atoms with Gasteiger partial charge in [-0.05, 0) is 24.0 Å². The SMILES string of the molecule is COc1cc(CN(C)C(=O)NCCC(=O)O)c(SC)cc1OC. The first-order chi connectivity index (χ1) is 10.9. The van der Waals surface area contributed by atoms with E-state index < -0.39 is 5.97 Å². The van der Waals surface area contributed by atoms with E-state index in [2.05, 4.69) is 5.32 Å². The molecule has 0 aliphatic carbocycles. The van der Waals surface area contributed by atoms with Crippen LogP contribution >= 0.6 is 11.8 Å². The standard InChI is InChI=1S/C15H22N2O5S/c1-17(15(20)16-6-5-14(18)19)9-10-7-11(21-2)12(22-3)8-13(10)23-4/h7-8H,5-6,9H2,1-4H3,(H,16,20)(H,18,19). The second-order valence-corrected chi connectivity index (χ2v) is 5.60. The molecule has 0 aliphatic heterocycles. The molecule has 1 aromatic carbocycles. The Hall–Kier alpha value is -2.09. The van der Waals surface area contributed by atoms with E-state index in [0.717, 1.165) is 10.5 Å². The van der Waals surface area contributed by atoms with Crippen molar-refractivity contribution in [3.8, 4) is 11.5 Å². The monoisotopic (exact) mass is 342 g/mol. The summed E-state index contributed by atoms with van der Waals surface area (Å²) in [4.78, 5) is 24.9. The minimum Gasteiger partial charge on any atom is -0.493 e. The van der Waals surface area contributed by atoms with Crippen molar-refractivity contribution in [3.63, 3.8) is 0 Å². The fourth-order valence-electron chi connectivity index (χ4n) is 1.95. The van der Waals surface area contributed by atoms with Crippen LogP contribution in [-0.2, 0) is 11.3 Å². The molecule has 7 nitrogen and oxygen atoms in total. The molecule has 0 unspecified atom stereocenters. The van der Waals surface area contributed by atoms with Crippen molar-refractivity contribution in [3.05, 3.63) is 17.7 Å². The number of carboxylic acid groups (broad SMARTS) is 1. The lowest BCUT2D eigenvalue weighted by atomic mass is 10.2. The topological polar surface area (TPSA) is 88.1 Å². The molecule has 0 atom stereocenters. The fraction of sp³-hybridized carbons (Fsp3) is 0.467. The van der Waals surface area contributed by atoms with E-state index in [0.29, 0.717) is 18.0 Å². The van der Waals surface area contributed by atoms with Crippen molar-refractivity contribution in [2.75, 3.05) is 34.1 Å². The van der Waals surface area contributed by atoms with E-state index >= 15 is 0 Å². The molecule has 1 rings (SSSR count). The number of thioether (sulfide) groups is 1. The molecule has 0 aliphatic rings. The van der Waals surface area contributed by atoms with Gasteiger partial charge in [-0.2, -0.15) is 0 Å². The predicted molar refractivity (Wildman–Crippen MR) is 88.4 cm³/mol. The first-order valence-corrected chi connectivity index (χ1v) is 8.15. The number of nitrogens with one attached hydrogen (secondary N) is 1. The highest BCUT2D eigenvalue weighted by atomic mass is 32.2. The molecule has 23 heavy (non-hydrogen) atoms. The molecule has 0 aromatic heterocycles. The van der Waals surface area contributed by atoms with Gasteiger partial charge in [0, 0.05) is 25.0 Å². The highest BCUT2D eigenvalue weighted by Crippen LogP contribution is 2.35. The number of nitrogens with zero attached hydrogens (tertiary/aromatic N) is 1. The number of methoxy groups -OCH3 is 2. The minimum atomic E-state index is -0.947. The summed E-state index contributed by atoms with van der Waals surface area (Å²) in [6.07, 6.45) is 1.84. The quantitative estimate of drug-likeness (QED) is 0.703. The molecular formula is C15H22N2O5S. The maximum atomic E-state index is 12.0. The average molecular weight is 342 g/mol. The van der Waals surface area contributed by atoms with Crippen molar-refractivity contribution in [1.29, 1.82) is 0 Å². The molecule has 0 heterocycles. The largest absolute Gasteiger partial charge is 0.493 e. The number of hydrogen-bond acceptors (Lipinski definition) is 5. The molecule has 0 spiro atoms. The lowest BCUT2D eigenvalue weighted by Gasteiger charge is -2.20. The van der Waals surface area contributed by atoms with Crippen LogP contribution in [0.25, 0.3) is 0 Å². The van der Waals surface area contributed by atoms with Crippen LogP contribution in [0.1, 0.15) is 12.0 Å². The van der Waals surface area contributed by atoms with E-state index in [1.165, 1.54) is 4.90 Å². The normalized spacial score (nSPS) is 10.1. The summed E-state index contributed by atoms with van der Waals surface area (Å²) >= 11 is 1.55. The summed E-state index contributed by atoms with van der Waals surface area (Å²) in [7, 11) is 4.78. The Morgan fingerprint density at radius 3 is 2.39 bits per heavy atom. The number of ether oxygens (including phenoxy) is 2. The van der Waals surface area contributed by atoms with Crippen molar-refractivity contribution in [2.45, 2.75) is 17.9 Å². The number of carboxylic acids is 1. The molecule has 128 valence electrons. The van der Waals surface area contributed by atoms with Gasteiger partial charge in [-0.3, -0.25) is 4.79 Å². The van der Waals surface area contributed by atoms with Crippen LogP contribution in [0, 0.1) is 0 Å². The lowest BCUT2D eigenvalue weighted by Crippen LogP contribution is -2.37. The number of carbonyl (C=O) groups excluding carboxylic acids is 1. The Labute approximate surface area is 139 Å². The molecule has 0 saturated heterocycles. The predicted octanol–water partition coefficient (Wildman–Crippen LogP) is 2.04. The zero-order chi connectivity index (χ0) is 17.4. The van der Waals surface area contributed by atoms with Crippen molar-refractivity contribution < 1.29 is 24.2 Å². The number of aliphatic carboxylic acids is 1. The van der Waals surface area contributed by atoms with Gasteiger partial charge in [0.1, 0.15) is 0 Å². The Morgan fingerprint density at radius 1 is 1.26 bits per heavy atom. The number of benzene rings is 1. The summed E-state index contributed by atoms with van der Waals surface area (Å²) < 4.78 is 10.6. The maximum Gasteiger partial charge on any atom is 0.317 e. The van der Waals surface area contributed by atoms with Crippen LogP contribution < -0.4 is 14.8 Å². The molecule has 2 amide bonds. The van der Waals surface area contributed by atoms with E-state index in [9.17, 15) is 9.59 Å². The molecule has 0 fully saturated rings. The molecule has 0 radical (unpaired) electrons. The second kappa shape index (κ2) is 9.14. The van der Waals surface area contributed by atoms with Gasteiger partial charge in [0.15, 0.2) is 11.5 Å². The molecule has 2 N–H and O–H groups in total. The van der Waals surface area contributed by atoms with E-state index in [1.54, 1.807) is 33.0 Å². The van der Waals surface area contributed by atoms with Gasteiger partial charge in [0.2, 0.25) is 0 Å². The van der Waals surface area contributed by atoms with Gasteiger partial charge in [-0.25, -0.2) is 4.79 Å². The van der Waals surface area contributed by atoms with Crippen LogP contribution in [0.5, 0.6) is 11.5 Å². The number of carbonyl (C=O) groups is 2. The van der Waals surface area contributed by atoms with Crippen LogP contribution in [-0.4, -0.2) is 56.1 Å². The second-order valence-electron chi connectivity index (χ2n) is 4.75. The van der Waals surface area contributed by atoms with Crippen molar-refractivity contribution in [1.82, 2.24) is 10.2 Å². The zero-order valence-electron chi connectivity index (χ0n) is 13.7. The summed E-state index contributed by atoms with van der Waals surface area (Å²) in [5.74, 6) is 0.284. The lowest BCUT2D eigenvalue weighted by molar-refractivity contribution is -0.136. The molecule has 8 heteroatoms. The highest BCUT2D eigenvalue weighted by molar-refractivity contribution is 7.98. The third-order valence-corrected chi connectivity index (χ3v) is 3.98. The molecule has 0 bridgehead atoms. The Bertz CT molecular complexity index is 565. The maximum absolute atomic E-state index is 12.0. The number of urea groups is 1. The summed E-state index contributed by atoms with van der Waals surface area (Å²) in [6, 6.07) is 3.38. The first-order valence-electron chi connectivity index (χ1n) is 6.92. The van der Waals surface area contributed by atoms with Gasteiger partial charge in [0.05, 0.1) is 20.6 Å². The van der Waals surface area contributed by atoms with Gasteiger partial charge in [0.25, 0.3) is 0 Å². The summed E-state index contributed by atoms with van der Waals surface area (Å²) in [6.45, 7) is 0.468. The average Bonchev–Trinajstić information content (AvgIpc) is 2.53. The van der Waals surface area contributed by atoms with E-state index in [1.807, 2.05) is 18.4 Å². The highest BCUT2D eigenvalue weighted by Gasteiger charge is 2.15. The van der Waals surface area contributed by atoms with Crippen molar-refractivity contribution in [2.24, 2.45) is 0 Å². The molecule has 1 aromatic rings. The van der Waals surface area contributed by atoms with Gasteiger partial charge < -0.3 is 24.8 Å².